The van der Waals surface area contributed by atoms with Crippen molar-refractivity contribution < 1.29 is 32.6 Å². The Balaban J connectivity index is 0.000000405. The molecule has 2 saturated heterocycles. The summed E-state index contributed by atoms with van der Waals surface area (Å²) in [5.74, 6) is -2.54. The summed E-state index contributed by atoms with van der Waals surface area (Å²) in [6, 6.07) is 8.52. The molecule has 9 nitrogen and oxygen atoms in total. The van der Waals surface area contributed by atoms with Crippen molar-refractivity contribution in [1.82, 2.24) is 24.4 Å². The average molecular weight is 556 g/mol. The van der Waals surface area contributed by atoms with Crippen LogP contribution in [0.4, 0.5) is 13.2 Å². The minimum Gasteiger partial charge on any atom is -0.475 e. The van der Waals surface area contributed by atoms with E-state index in [0.29, 0.717) is 26.2 Å². The molecule has 2 aliphatic rings. The van der Waals surface area contributed by atoms with Crippen molar-refractivity contribution in [3.05, 3.63) is 51.8 Å². The number of rotatable bonds is 5. The first kappa shape index (κ1) is 27.1. The second-order valence-corrected chi connectivity index (χ2v) is 10.5. The molecule has 0 saturated carbocycles. The van der Waals surface area contributed by atoms with Crippen molar-refractivity contribution in [2.24, 2.45) is 5.41 Å². The predicted molar refractivity (Wildman–Crippen MR) is 130 cm³/mol. The second-order valence-electron chi connectivity index (χ2n) is 8.95. The summed E-state index contributed by atoms with van der Waals surface area (Å²) in [6.07, 6.45) is -2.68. The van der Waals surface area contributed by atoms with Crippen LogP contribution in [0, 0.1) is 5.41 Å². The number of ether oxygens (including phenoxy) is 1. The summed E-state index contributed by atoms with van der Waals surface area (Å²) in [5.41, 5.74) is 4.94. The van der Waals surface area contributed by atoms with Crippen LogP contribution in [-0.4, -0.2) is 80.4 Å². The molecule has 198 valence electrons. The van der Waals surface area contributed by atoms with E-state index in [9.17, 15) is 18.0 Å². The third-order valence-electron chi connectivity index (χ3n) is 6.01. The molecule has 1 unspecified atom stereocenters. The number of likely N-dealkylation sites (tertiary alicyclic amines) is 1. The molecule has 2 fully saturated rings. The topological polar surface area (TPSA) is 109 Å². The molecule has 5 rings (SSSR count). The van der Waals surface area contributed by atoms with Gasteiger partial charge in [-0.2, -0.15) is 13.2 Å². The van der Waals surface area contributed by atoms with E-state index >= 15 is 0 Å². The van der Waals surface area contributed by atoms with E-state index in [-0.39, 0.29) is 11.3 Å². The van der Waals surface area contributed by atoms with Crippen LogP contribution in [0.2, 0.25) is 0 Å². The summed E-state index contributed by atoms with van der Waals surface area (Å²) >= 11 is 2.96. The van der Waals surface area contributed by atoms with Gasteiger partial charge in [0.2, 0.25) is 5.91 Å². The van der Waals surface area contributed by atoms with Crippen LogP contribution in [-0.2, 0) is 27.4 Å². The van der Waals surface area contributed by atoms with Crippen LogP contribution >= 0.6 is 22.9 Å². The number of carboxylic acids is 1. The molecule has 3 aromatic rings. The number of hydrogen-bond donors (Lipinski definition) is 1. The van der Waals surface area contributed by atoms with Crippen molar-refractivity contribution in [3.63, 3.8) is 0 Å². The van der Waals surface area contributed by atoms with Crippen LogP contribution in [0.5, 0.6) is 0 Å². The average Bonchev–Trinajstić information content (AvgIpc) is 3.58. The molecular weight excluding hydrogens is 531 g/mol. The maximum atomic E-state index is 12.7. The lowest BCUT2D eigenvalue weighted by molar-refractivity contribution is -0.192. The van der Waals surface area contributed by atoms with Gasteiger partial charge in [-0.1, -0.05) is 28.8 Å². The van der Waals surface area contributed by atoms with Crippen LogP contribution < -0.4 is 0 Å². The first-order valence-electron chi connectivity index (χ1n) is 11.3. The maximum absolute atomic E-state index is 12.7. The number of carboxylic acid groups (broad SMARTS) is 1. The van der Waals surface area contributed by atoms with Gasteiger partial charge in [0.05, 0.1) is 25.3 Å². The van der Waals surface area contributed by atoms with Gasteiger partial charge in [0.15, 0.2) is 0 Å². The van der Waals surface area contributed by atoms with E-state index in [1.807, 2.05) is 22.0 Å². The zero-order valence-electron chi connectivity index (χ0n) is 19.6. The number of nitrogens with zero attached hydrogens (tertiary/aromatic N) is 5. The van der Waals surface area contributed by atoms with E-state index in [2.05, 4.69) is 43.7 Å². The molecule has 1 N–H and O–H groups in total. The molecule has 37 heavy (non-hydrogen) atoms. The fraction of sp³-hybridized carbons (Fsp3) is 0.435. The molecule has 1 spiro atoms. The smallest absolute Gasteiger partial charge is 0.475 e. The number of carbonyl (C=O) groups is 2. The lowest BCUT2D eigenvalue weighted by atomic mass is 9.87. The first-order valence-corrected chi connectivity index (χ1v) is 13.0. The Bertz CT molecular complexity index is 1180. The Hall–Kier alpha value is -2.94. The van der Waals surface area contributed by atoms with Crippen molar-refractivity contribution in [1.29, 1.82) is 0 Å². The summed E-state index contributed by atoms with van der Waals surface area (Å²) < 4.78 is 41.6. The Morgan fingerprint density at radius 3 is 2.57 bits per heavy atom. The molecular formula is C23H24F3N5O4S2. The first-order chi connectivity index (χ1) is 17.6. The molecule has 2 aromatic heterocycles. The van der Waals surface area contributed by atoms with Gasteiger partial charge in [-0.3, -0.25) is 14.7 Å². The van der Waals surface area contributed by atoms with Crippen LogP contribution in [0.1, 0.15) is 16.9 Å². The maximum Gasteiger partial charge on any atom is 0.490 e. The number of halogens is 3. The fourth-order valence-corrected chi connectivity index (χ4v) is 5.46. The lowest BCUT2D eigenvalue weighted by Crippen LogP contribution is -2.40. The third kappa shape index (κ3) is 7.31. The summed E-state index contributed by atoms with van der Waals surface area (Å²) in [5, 5.41) is 13.2. The Morgan fingerprint density at radius 2 is 1.95 bits per heavy atom. The van der Waals surface area contributed by atoms with Crippen LogP contribution in [0.25, 0.3) is 11.3 Å². The predicted octanol–water partition coefficient (Wildman–Crippen LogP) is 3.55. The molecule has 1 amide bonds. The fourth-order valence-electron chi connectivity index (χ4n) is 4.38. The normalized spacial score (nSPS) is 20.5. The third-order valence-corrected chi connectivity index (χ3v) is 7.28. The minimum atomic E-state index is -5.08. The van der Waals surface area contributed by atoms with Gasteiger partial charge in [-0.25, -0.2) is 4.79 Å². The monoisotopic (exact) mass is 555 g/mol. The highest BCUT2D eigenvalue weighted by atomic mass is 32.1. The number of carbonyl (C=O) groups excluding carboxylic acids is 1. The molecule has 1 aromatic carbocycles. The molecule has 14 heteroatoms. The zero-order valence-corrected chi connectivity index (χ0v) is 21.2. The van der Waals surface area contributed by atoms with E-state index in [4.69, 9.17) is 14.6 Å². The Morgan fingerprint density at radius 1 is 1.19 bits per heavy atom. The molecule has 0 bridgehead atoms. The van der Waals surface area contributed by atoms with Crippen LogP contribution in [0.3, 0.4) is 0 Å². The largest absolute Gasteiger partial charge is 0.490 e. The van der Waals surface area contributed by atoms with Gasteiger partial charge >= 0.3 is 12.1 Å². The van der Waals surface area contributed by atoms with Gasteiger partial charge in [0.25, 0.3) is 0 Å². The second kappa shape index (κ2) is 11.6. The van der Waals surface area contributed by atoms with Gasteiger partial charge in [0, 0.05) is 60.0 Å². The highest BCUT2D eigenvalue weighted by molar-refractivity contribution is 7.09. The summed E-state index contributed by atoms with van der Waals surface area (Å²) in [6.45, 7) is 5.34. The Kier molecular flexibility index (Phi) is 8.52. The molecule has 1 atom stereocenters. The number of alkyl halides is 3. The number of hydrogen-bond acceptors (Lipinski definition) is 9. The van der Waals surface area contributed by atoms with Crippen molar-refractivity contribution >= 4 is 34.7 Å². The highest BCUT2D eigenvalue weighted by Gasteiger charge is 2.45. The standard InChI is InChI=1S/C21H23N5O2S2.C2HF3O2/c27-20-7-21(13-26(20)10-18-8-22-15-29-18)12-25(5-6-28-14-21)9-16-1-3-17(4-2-16)19-11-30-24-23-19;3-2(4,5)1(6)7/h1-4,8,11,15H,5-7,9-10,12-14H2;(H,6,7). The molecule has 0 aliphatic carbocycles. The number of thiazole rings is 1. The molecule has 2 aliphatic heterocycles. The summed E-state index contributed by atoms with van der Waals surface area (Å²) in [7, 11) is 0. The van der Waals surface area contributed by atoms with E-state index in [0.717, 1.165) is 42.3 Å². The SMILES string of the molecule is O=C(O)C(F)(F)F.O=C1CC2(COCCN(Cc3ccc(-c4csnn4)cc3)C2)CN1Cc1cncs1. The Labute approximate surface area is 218 Å². The molecule has 4 heterocycles. The lowest BCUT2D eigenvalue weighted by Gasteiger charge is -2.31. The van der Waals surface area contributed by atoms with Crippen LogP contribution in [0.15, 0.2) is 41.4 Å². The van der Waals surface area contributed by atoms with E-state index < -0.39 is 12.1 Å². The van der Waals surface area contributed by atoms with Gasteiger partial charge < -0.3 is 14.7 Å². The van der Waals surface area contributed by atoms with Gasteiger partial charge in [-0.05, 0) is 17.1 Å². The quantitative estimate of drug-likeness (QED) is 0.509. The van der Waals surface area contributed by atoms with Gasteiger partial charge in [0.1, 0.15) is 5.69 Å². The van der Waals surface area contributed by atoms with Gasteiger partial charge in [-0.15, -0.1) is 16.4 Å². The number of aromatic nitrogens is 3. The number of benzene rings is 1. The number of amides is 1. The number of aliphatic carboxylic acids is 1. The zero-order chi connectivity index (χ0) is 26.5. The molecule has 0 radical (unpaired) electrons. The van der Waals surface area contributed by atoms with Crippen molar-refractivity contribution in [3.8, 4) is 11.3 Å². The van der Waals surface area contributed by atoms with E-state index in [1.54, 1.807) is 11.3 Å². The van der Waals surface area contributed by atoms with Crippen molar-refractivity contribution in [2.45, 2.75) is 25.7 Å². The minimum absolute atomic E-state index is 0.134. The highest BCUT2D eigenvalue weighted by Crippen LogP contribution is 2.36. The van der Waals surface area contributed by atoms with Crippen molar-refractivity contribution in [2.75, 3.05) is 32.8 Å². The van der Waals surface area contributed by atoms with E-state index in [1.165, 1.54) is 17.1 Å². The summed E-state index contributed by atoms with van der Waals surface area (Å²) in [4.78, 5) is 31.3.